The van der Waals surface area contributed by atoms with Crippen LogP contribution in [0, 0.1) is 11.6 Å². The molecule has 0 heterocycles. The molecular formula is C16H10F2N2O8S. The number of rotatable bonds is 4. The molecule has 0 saturated carbocycles. The number of aliphatic carboxylic acids is 2. The van der Waals surface area contributed by atoms with Crippen molar-refractivity contribution in [3.8, 4) is 0 Å². The van der Waals surface area contributed by atoms with E-state index in [9.17, 15) is 36.4 Å². The Labute approximate surface area is 160 Å². The topological polar surface area (TPSA) is 167 Å². The Morgan fingerprint density at radius 3 is 1.38 bits per heavy atom. The number of carbonyl (C=O) groups is 4. The molecule has 4 N–H and O–H groups in total. The number of anilines is 2. The molecule has 0 aromatic heterocycles. The molecule has 0 aliphatic carbocycles. The molecule has 13 heteroatoms. The number of benzene rings is 2. The van der Waals surface area contributed by atoms with E-state index in [1.807, 2.05) is 0 Å². The largest absolute Gasteiger partial charge is 0.474 e. The van der Waals surface area contributed by atoms with E-state index >= 15 is 0 Å². The van der Waals surface area contributed by atoms with Gasteiger partial charge in [-0.3, -0.25) is 9.59 Å². The van der Waals surface area contributed by atoms with Gasteiger partial charge in [-0.15, -0.1) is 0 Å². The fourth-order valence-electron chi connectivity index (χ4n) is 2.02. The maximum Gasteiger partial charge on any atom is 0.394 e. The average molecular weight is 428 g/mol. The first-order valence-corrected chi connectivity index (χ1v) is 8.84. The van der Waals surface area contributed by atoms with Crippen molar-refractivity contribution in [2.24, 2.45) is 0 Å². The number of halogens is 2. The van der Waals surface area contributed by atoms with Gasteiger partial charge in [0, 0.05) is 0 Å². The third-order valence-corrected chi connectivity index (χ3v) is 5.13. The van der Waals surface area contributed by atoms with Crippen molar-refractivity contribution in [1.29, 1.82) is 0 Å². The van der Waals surface area contributed by atoms with Crippen molar-refractivity contribution in [1.82, 2.24) is 0 Å². The lowest BCUT2D eigenvalue weighted by molar-refractivity contribution is -0.147. The third kappa shape index (κ3) is 4.70. The van der Waals surface area contributed by atoms with Gasteiger partial charge in [0.25, 0.3) is 0 Å². The summed E-state index contributed by atoms with van der Waals surface area (Å²) in [6, 6.07) is 4.20. The lowest BCUT2D eigenvalue weighted by Gasteiger charge is -2.10. The number of hydrogen-bond donors (Lipinski definition) is 4. The Bertz CT molecular complexity index is 1060. The first-order valence-electron chi connectivity index (χ1n) is 7.36. The first-order chi connectivity index (χ1) is 13.4. The highest BCUT2D eigenvalue weighted by Crippen LogP contribution is 2.28. The molecule has 29 heavy (non-hydrogen) atoms. The Kier molecular flexibility index (Phi) is 5.92. The summed E-state index contributed by atoms with van der Waals surface area (Å²) in [5.41, 5.74) is -1.47. The lowest BCUT2D eigenvalue weighted by atomic mass is 10.3. The molecule has 0 aliphatic rings. The molecule has 0 aliphatic heterocycles. The van der Waals surface area contributed by atoms with Crippen molar-refractivity contribution in [2.75, 3.05) is 10.6 Å². The van der Waals surface area contributed by atoms with Crippen LogP contribution in [0.25, 0.3) is 0 Å². The zero-order valence-electron chi connectivity index (χ0n) is 14.0. The zero-order chi connectivity index (χ0) is 21.9. The minimum atomic E-state index is -4.46. The molecule has 10 nitrogen and oxygen atoms in total. The standard InChI is InChI=1S/C16H10F2N2O8S/c17-9-3-1-7(5-11(9)19-13(21)15(23)24)29(27,28)8-2-4-10(18)12(6-8)20-14(22)16(25)26/h1-6H,(H,19,21)(H,20,22)(H,23,24)(H,25,26). The number of carboxylic acid groups (broad SMARTS) is 2. The van der Waals surface area contributed by atoms with E-state index < -0.39 is 66.4 Å². The first kappa shape index (κ1) is 21.4. The van der Waals surface area contributed by atoms with E-state index in [0.717, 1.165) is 12.1 Å². The number of nitrogens with one attached hydrogen (secondary N) is 2. The predicted octanol–water partition coefficient (Wildman–Crippen LogP) is 0.844. The van der Waals surface area contributed by atoms with Gasteiger partial charge in [-0.2, -0.15) is 0 Å². The van der Waals surface area contributed by atoms with Gasteiger partial charge in [0.1, 0.15) is 11.6 Å². The monoisotopic (exact) mass is 428 g/mol. The number of carbonyl (C=O) groups excluding carboxylic acids is 2. The van der Waals surface area contributed by atoms with Gasteiger partial charge in [-0.1, -0.05) is 0 Å². The van der Waals surface area contributed by atoms with E-state index in [4.69, 9.17) is 10.2 Å². The molecule has 2 amide bonds. The fourth-order valence-corrected chi connectivity index (χ4v) is 3.33. The number of carboxylic acids is 2. The number of hydrogen-bond acceptors (Lipinski definition) is 6. The molecule has 0 unspecified atom stereocenters. The summed E-state index contributed by atoms with van der Waals surface area (Å²) < 4.78 is 52.9. The van der Waals surface area contributed by atoms with Crippen LogP contribution in [0.1, 0.15) is 0 Å². The van der Waals surface area contributed by atoms with Crippen LogP contribution < -0.4 is 10.6 Å². The molecule has 2 aromatic carbocycles. The van der Waals surface area contributed by atoms with Gasteiger partial charge in [-0.05, 0) is 36.4 Å². The summed E-state index contributed by atoms with van der Waals surface area (Å²) in [5.74, 6) is -9.33. The molecule has 0 fully saturated rings. The third-order valence-electron chi connectivity index (χ3n) is 3.38. The summed E-state index contributed by atoms with van der Waals surface area (Å²) in [6.45, 7) is 0. The molecule has 152 valence electrons. The van der Waals surface area contributed by atoms with Crippen LogP contribution in [0.15, 0.2) is 46.2 Å². The van der Waals surface area contributed by atoms with Crippen LogP contribution in [-0.2, 0) is 29.0 Å². The van der Waals surface area contributed by atoms with E-state index in [0.29, 0.717) is 24.3 Å². The maximum absolute atomic E-state index is 13.8. The van der Waals surface area contributed by atoms with Gasteiger partial charge in [0.15, 0.2) is 0 Å². The zero-order valence-corrected chi connectivity index (χ0v) is 14.8. The van der Waals surface area contributed by atoms with Gasteiger partial charge in [-0.25, -0.2) is 26.8 Å². The lowest BCUT2D eigenvalue weighted by Crippen LogP contribution is -2.23. The molecular weight excluding hydrogens is 418 g/mol. The molecule has 0 atom stereocenters. The number of sulfone groups is 1. The Morgan fingerprint density at radius 2 is 1.07 bits per heavy atom. The average Bonchev–Trinajstić information content (AvgIpc) is 2.64. The van der Waals surface area contributed by atoms with Gasteiger partial charge >= 0.3 is 23.8 Å². The van der Waals surface area contributed by atoms with Crippen molar-refractivity contribution < 1.29 is 46.6 Å². The summed E-state index contributed by atoms with van der Waals surface area (Å²) in [7, 11) is -4.46. The SMILES string of the molecule is O=C(O)C(=O)Nc1cc(S(=O)(=O)c2ccc(F)c(NC(=O)C(=O)O)c2)ccc1F. The fraction of sp³-hybridized carbons (Fsp3) is 0. The van der Waals surface area contributed by atoms with Gasteiger partial charge in [0.2, 0.25) is 9.84 Å². The summed E-state index contributed by atoms with van der Waals surface area (Å²) in [4.78, 5) is 42.3. The maximum atomic E-state index is 13.8. The van der Waals surface area contributed by atoms with Gasteiger partial charge < -0.3 is 20.8 Å². The molecule has 2 rings (SSSR count). The predicted molar refractivity (Wildman–Crippen MR) is 90.8 cm³/mol. The van der Waals surface area contributed by atoms with Crippen molar-refractivity contribution in [3.05, 3.63) is 48.0 Å². The van der Waals surface area contributed by atoms with Crippen molar-refractivity contribution in [2.45, 2.75) is 9.79 Å². The van der Waals surface area contributed by atoms with Crippen LogP contribution in [0.3, 0.4) is 0 Å². The molecule has 0 saturated heterocycles. The summed E-state index contributed by atoms with van der Waals surface area (Å²) in [5, 5.41) is 20.4. The van der Waals surface area contributed by atoms with E-state index in [1.54, 1.807) is 10.6 Å². The van der Waals surface area contributed by atoms with Crippen LogP contribution >= 0.6 is 0 Å². The molecule has 0 bridgehead atoms. The Balaban J connectivity index is 2.48. The minimum Gasteiger partial charge on any atom is -0.474 e. The quantitative estimate of drug-likeness (QED) is 0.411. The highest BCUT2D eigenvalue weighted by atomic mass is 32.2. The Hall–Kier alpha value is -3.87. The normalized spacial score (nSPS) is 10.8. The van der Waals surface area contributed by atoms with Crippen LogP contribution in [0.2, 0.25) is 0 Å². The summed E-state index contributed by atoms with van der Waals surface area (Å²) in [6.07, 6.45) is 0. The minimum absolute atomic E-state index is 0.596. The van der Waals surface area contributed by atoms with Crippen molar-refractivity contribution >= 4 is 45.0 Å². The molecule has 2 aromatic rings. The molecule has 0 spiro atoms. The second-order valence-corrected chi connectivity index (χ2v) is 7.25. The van der Waals surface area contributed by atoms with E-state index in [2.05, 4.69) is 0 Å². The van der Waals surface area contributed by atoms with Crippen LogP contribution in [-0.4, -0.2) is 42.4 Å². The van der Waals surface area contributed by atoms with E-state index in [-0.39, 0.29) is 0 Å². The smallest absolute Gasteiger partial charge is 0.394 e. The Morgan fingerprint density at radius 1 is 0.724 bits per heavy atom. The highest BCUT2D eigenvalue weighted by Gasteiger charge is 2.23. The second kappa shape index (κ2) is 8.02. The van der Waals surface area contributed by atoms with Gasteiger partial charge in [0.05, 0.1) is 21.2 Å². The molecule has 0 radical (unpaired) electrons. The van der Waals surface area contributed by atoms with E-state index in [1.165, 1.54) is 0 Å². The van der Waals surface area contributed by atoms with Crippen molar-refractivity contribution in [3.63, 3.8) is 0 Å². The summed E-state index contributed by atoms with van der Waals surface area (Å²) >= 11 is 0. The van der Waals surface area contributed by atoms with Crippen LogP contribution in [0.4, 0.5) is 20.2 Å². The second-order valence-electron chi connectivity index (χ2n) is 5.31. The highest BCUT2D eigenvalue weighted by molar-refractivity contribution is 7.91. The number of amides is 2. The van der Waals surface area contributed by atoms with Crippen LogP contribution in [0.5, 0.6) is 0 Å².